The molecular weight excluding hydrogens is 271 g/mol. The van der Waals surface area contributed by atoms with E-state index in [0.29, 0.717) is 30.4 Å². The molecule has 0 fully saturated rings. The predicted octanol–water partition coefficient (Wildman–Crippen LogP) is 2.56. The van der Waals surface area contributed by atoms with Crippen molar-refractivity contribution in [2.75, 3.05) is 0 Å². The molecule has 6 heteroatoms. The molecule has 0 aliphatic heterocycles. The summed E-state index contributed by atoms with van der Waals surface area (Å²) >= 11 is 0. The maximum atomic E-state index is 13.1. The monoisotopic (exact) mass is 284 g/mol. The first kappa shape index (κ1) is 13.4. The minimum atomic E-state index is -0.333. The normalized spacial score (nSPS) is 10.7. The molecular formula is C15H13FN4O. The topological polar surface area (TPSA) is 63.8 Å². The molecule has 3 rings (SSSR count). The average Bonchev–Trinajstić information content (AvgIpc) is 2.97. The second kappa shape index (κ2) is 6.23. The van der Waals surface area contributed by atoms with E-state index in [4.69, 9.17) is 4.42 Å². The van der Waals surface area contributed by atoms with Gasteiger partial charge in [-0.2, -0.15) is 0 Å². The zero-order chi connectivity index (χ0) is 14.5. The highest BCUT2D eigenvalue weighted by molar-refractivity contribution is 5.52. The number of hydrogen-bond acceptors (Lipinski definition) is 5. The second-order valence-electron chi connectivity index (χ2n) is 4.44. The van der Waals surface area contributed by atoms with Gasteiger partial charge in [-0.3, -0.25) is 4.98 Å². The number of pyridine rings is 1. The van der Waals surface area contributed by atoms with Gasteiger partial charge in [-0.15, -0.1) is 10.2 Å². The van der Waals surface area contributed by atoms with Crippen molar-refractivity contribution >= 4 is 0 Å². The average molecular weight is 284 g/mol. The van der Waals surface area contributed by atoms with E-state index < -0.39 is 0 Å². The molecule has 0 radical (unpaired) electrons. The number of benzene rings is 1. The van der Waals surface area contributed by atoms with Crippen LogP contribution >= 0.6 is 0 Å². The van der Waals surface area contributed by atoms with Gasteiger partial charge >= 0.3 is 0 Å². The summed E-state index contributed by atoms with van der Waals surface area (Å²) in [5, 5.41) is 11.0. The van der Waals surface area contributed by atoms with E-state index in [0.717, 1.165) is 5.69 Å². The molecule has 0 unspecified atom stereocenters. The van der Waals surface area contributed by atoms with Crippen molar-refractivity contribution in [3.05, 3.63) is 66.1 Å². The van der Waals surface area contributed by atoms with Crippen LogP contribution in [0.15, 0.2) is 53.1 Å². The van der Waals surface area contributed by atoms with Crippen molar-refractivity contribution in [3.8, 4) is 11.5 Å². The van der Waals surface area contributed by atoms with Crippen LogP contribution in [0.1, 0.15) is 11.6 Å². The predicted molar refractivity (Wildman–Crippen MR) is 74.5 cm³/mol. The fourth-order valence-electron chi connectivity index (χ4n) is 1.86. The molecule has 2 aromatic heterocycles. The largest absolute Gasteiger partial charge is 0.419 e. The molecule has 0 aliphatic rings. The number of nitrogens with zero attached hydrogens (tertiary/aromatic N) is 3. The summed E-state index contributed by atoms with van der Waals surface area (Å²) in [7, 11) is 0. The lowest BCUT2D eigenvalue weighted by molar-refractivity contribution is 0.475. The lowest BCUT2D eigenvalue weighted by Gasteiger charge is -2.00. The Morgan fingerprint density at radius 1 is 1.05 bits per heavy atom. The second-order valence-corrected chi connectivity index (χ2v) is 4.44. The van der Waals surface area contributed by atoms with E-state index >= 15 is 0 Å². The lowest BCUT2D eigenvalue weighted by Crippen LogP contribution is -2.13. The Bertz CT molecular complexity index is 714. The molecule has 1 N–H and O–H groups in total. The highest BCUT2D eigenvalue weighted by atomic mass is 19.1. The van der Waals surface area contributed by atoms with Crippen LogP contribution in [-0.2, 0) is 13.1 Å². The van der Waals surface area contributed by atoms with Gasteiger partial charge in [0.2, 0.25) is 11.8 Å². The molecule has 5 nitrogen and oxygen atoms in total. The smallest absolute Gasteiger partial charge is 0.247 e. The molecule has 0 aliphatic carbocycles. The summed E-state index contributed by atoms with van der Waals surface area (Å²) in [5.41, 5.74) is 1.50. The first-order chi connectivity index (χ1) is 10.3. The number of hydrogen-bond donors (Lipinski definition) is 1. The summed E-state index contributed by atoms with van der Waals surface area (Å²) in [6.07, 6.45) is 1.74. The van der Waals surface area contributed by atoms with Crippen molar-refractivity contribution in [1.29, 1.82) is 0 Å². The zero-order valence-corrected chi connectivity index (χ0v) is 11.2. The van der Waals surface area contributed by atoms with Crippen molar-refractivity contribution in [3.63, 3.8) is 0 Å². The fourth-order valence-corrected chi connectivity index (χ4v) is 1.86. The lowest BCUT2D eigenvalue weighted by atomic mass is 10.2. The Balaban J connectivity index is 1.60. The molecule has 3 aromatic rings. The van der Waals surface area contributed by atoms with E-state index in [-0.39, 0.29) is 5.82 Å². The first-order valence-electron chi connectivity index (χ1n) is 6.50. The van der Waals surface area contributed by atoms with Gasteiger partial charge in [0, 0.05) is 18.3 Å². The van der Waals surface area contributed by atoms with E-state index in [1.807, 2.05) is 18.2 Å². The minimum absolute atomic E-state index is 0.309. The van der Waals surface area contributed by atoms with Gasteiger partial charge < -0.3 is 9.73 Å². The van der Waals surface area contributed by atoms with Crippen molar-refractivity contribution in [2.24, 2.45) is 0 Å². The molecule has 0 amide bonds. The molecule has 0 atom stereocenters. The van der Waals surface area contributed by atoms with Gasteiger partial charge in [-0.25, -0.2) is 4.39 Å². The van der Waals surface area contributed by atoms with Crippen LogP contribution in [0.5, 0.6) is 0 Å². The molecule has 0 saturated carbocycles. The Morgan fingerprint density at radius 2 is 2.00 bits per heavy atom. The summed E-state index contributed by atoms with van der Waals surface area (Å²) in [4.78, 5) is 4.20. The third kappa shape index (κ3) is 3.49. The van der Waals surface area contributed by atoms with Crippen molar-refractivity contribution in [2.45, 2.75) is 13.1 Å². The third-order valence-corrected chi connectivity index (χ3v) is 2.85. The Morgan fingerprint density at radius 3 is 2.81 bits per heavy atom. The number of aromatic nitrogens is 3. The standard InChI is InChI=1S/C15H13FN4O/c16-12-5-3-4-11(8-12)15-20-19-14(21-15)10-17-9-13-6-1-2-7-18-13/h1-8,17H,9-10H2. The van der Waals surface area contributed by atoms with E-state index in [9.17, 15) is 4.39 Å². The molecule has 106 valence electrons. The van der Waals surface area contributed by atoms with Gasteiger partial charge in [-0.1, -0.05) is 12.1 Å². The summed E-state index contributed by atoms with van der Waals surface area (Å²) in [6.45, 7) is 1.04. The van der Waals surface area contributed by atoms with Crippen LogP contribution in [-0.4, -0.2) is 15.2 Å². The van der Waals surface area contributed by atoms with Crippen LogP contribution in [0.4, 0.5) is 4.39 Å². The maximum Gasteiger partial charge on any atom is 0.247 e. The highest BCUT2D eigenvalue weighted by Gasteiger charge is 2.08. The molecule has 0 saturated heterocycles. The molecule has 0 spiro atoms. The van der Waals surface area contributed by atoms with E-state index in [1.54, 1.807) is 18.3 Å². The molecule has 0 bridgehead atoms. The Hall–Kier alpha value is -2.60. The van der Waals surface area contributed by atoms with Gasteiger partial charge in [0.25, 0.3) is 0 Å². The summed E-state index contributed by atoms with van der Waals surface area (Å²) in [6, 6.07) is 11.8. The van der Waals surface area contributed by atoms with Crippen LogP contribution in [0.3, 0.4) is 0 Å². The van der Waals surface area contributed by atoms with Crippen LogP contribution in [0, 0.1) is 5.82 Å². The maximum absolute atomic E-state index is 13.1. The number of halogens is 1. The SMILES string of the molecule is Fc1cccc(-c2nnc(CNCc3ccccn3)o2)c1. The van der Waals surface area contributed by atoms with Crippen LogP contribution < -0.4 is 5.32 Å². The van der Waals surface area contributed by atoms with Gasteiger partial charge in [0.05, 0.1) is 12.2 Å². The first-order valence-corrected chi connectivity index (χ1v) is 6.50. The van der Waals surface area contributed by atoms with Gasteiger partial charge in [0.15, 0.2) is 0 Å². The number of rotatable bonds is 5. The molecule has 2 heterocycles. The van der Waals surface area contributed by atoms with E-state index in [1.165, 1.54) is 12.1 Å². The van der Waals surface area contributed by atoms with E-state index in [2.05, 4.69) is 20.5 Å². The van der Waals surface area contributed by atoms with Crippen molar-refractivity contribution < 1.29 is 8.81 Å². The quantitative estimate of drug-likeness (QED) is 0.780. The minimum Gasteiger partial charge on any atom is -0.419 e. The molecule has 21 heavy (non-hydrogen) atoms. The van der Waals surface area contributed by atoms with Crippen LogP contribution in [0.25, 0.3) is 11.5 Å². The zero-order valence-electron chi connectivity index (χ0n) is 11.2. The Labute approximate surface area is 120 Å². The third-order valence-electron chi connectivity index (χ3n) is 2.85. The highest BCUT2D eigenvalue weighted by Crippen LogP contribution is 2.18. The number of nitrogens with one attached hydrogen (secondary N) is 1. The summed E-state index contributed by atoms with van der Waals surface area (Å²) < 4.78 is 18.6. The molecule has 1 aromatic carbocycles. The van der Waals surface area contributed by atoms with Crippen LogP contribution in [0.2, 0.25) is 0 Å². The summed E-state index contributed by atoms with van der Waals surface area (Å²) in [5.74, 6) is 0.426. The van der Waals surface area contributed by atoms with Crippen molar-refractivity contribution in [1.82, 2.24) is 20.5 Å². The Kier molecular flexibility index (Phi) is 3.97. The van der Waals surface area contributed by atoms with Gasteiger partial charge in [0.1, 0.15) is 5.82 Å². The van der Waals surface area contributed by atoms with Gasteiger partial charge in [-0.05, 0) is 30.3 Å². The fraction of sp³-hybridized carbons (Fsp3) is 0.133.